The predicted octanol–water partition coefficient (Wildman–Crippen LogP) is 2.67. The van der Waals surface area contributed by atoms with E-state index < -0.39 is 0 Å². The molecule has 3 aromatic rings. The molecule has 162 valence electrons. The van der Waals surface area contributed by atoms with Crippen molar-refractivity contribution in [3.05, 3.63) is 42.4 Å². The molecule has 5 rings (SSSR count). The Bertz CT molecular complexity index is 1060. The summed E-state index contributed by atoms with van der Waals surface area (Å²) >= 11 is 0. The average molecular weight is 420 g/mol. The van der Waals surface area contributed by atoms with Crippen LogP contribution in [0.25, 0.3) is 11.0 Å². The first-order chi connectivity index (χ1) is 15.1. The van der Waals surface area contributed by atoms with Crippen LogP contribution in [0.3, 0.4) is 0 Å². The van der Waals surface area contributed by atoms with E-state index in [1.807, 2.05) is 43.5 Å². The SMILES string of the molecule is Cc1nccc(N2CCN(c3nc4ccccc4nc3N3CC(C)OC(C)C3)CC2)n1. The van der Waals surface area contributed by atoms with Gasteiger partial charge in [0.15, 0.2) is 11.6 Å². The van der Waals surface area contributed by atoms with Gasteiger partial charge in [-0.2, -0.15) is 0 Å². The van der Waals surface area contributed by atoms with Gasteiger partial charge in [-0.05, 0) is 39.0 Å². The Morgan fingerprint density at radius 2 is 1.35 bits per heavy atom. The number of aromatic nitrogens is 4. The predicted molar refractivity (Wildman–Crippen MR) is 123 cm³/mol. The Morgan fingerprint density at radius 1 is 0.774 bits per heavy atom. The number of morpholine rings is 1. The van der Waals surface area contributed by atoms with Gasteiger partial charge >= 0.3 is 0 Å². The van der Waals surface area contributed by atoms with Crippen LogP contribution in [0.15, 0.2) is 36.5 Å². The fourth-order valence-electron chi connectivity index (χ4n) is 4.52. The summed E-state index contributed by atoms with van der Waals surface area (Å²) in [7, 11) is 0. The first kappa shape index (κ1) is 19.9. The van der Waals surface area contributed by atoms with E-state index in [-0.39, 0.29) is 12.2 Å². The van der Waals surface area contributed by atoms with Crippen LogP contribution in [0.5, 0.6) is 0 Å². The summed E-state index contributed by atoms with van der Waals surface area (Å²) in [6, 6.07) is 10.1. The highest BCUT2D eigenvalue weighted by Crippen LogP contribution is 2.31. The maximum atomic E-state index is 5.96. The molecule has 0 aliphatic carbocycles. The first-order valence-electron chi connectivity index (χ1n) is 11.0. The quantitative estimate of drug-likeness (QED) is 0.642. The van der Waals surface area contributed by atoms with Gasteiger partial charge in [0, 0.05) is 45.5 Å². The Morgan fingerprint density at radius 3 is 1.97 bits per heavy atom. The first-order valence-corrected chi connectivity index (χ1v) is 11.0. The maximum Gasteiger partial charge on any atom is 0.172 e. The molecule has 2 atom stereocenters. The van der Waals surface area contributed by atoms with Gasteiger partial charge in [0.05, 0.1) is 23.2 Å². The van der Waals surface area contributed by atoms with Gasteiger partial charge in [0.25, 0.3) is 0 Å². The smallest absolute Gasteiger partial charge is 0.172 e. The van der Waals surface area contributed by atoms with Crippen LogP contribution >= 0.6 is 0 Å². The molecule has 31 heavy (non-hydrogen) atoms. The summed E-state index contributed by atoms with van der Waals surface area (Å²) in [6.07, 6.45) is 2.17. The van der Waals surface area contributed by atoms with Crippen LogP contribution in [0.1, 0.15) is 19.7 Å². The highest BCUT2D eigenvalue weighted by molar-refractivity contribution is 5.81. The molecule has 2 fully saturated rings. The van der Waals surface area contributed by atoms with E-state index >= 15 is 0 Å². The molecule has 0 radical (unpaired) electrons. The van der Waals surface area contributed by atoms with Gasteiger partial charge in [0.2, 0.25) is 0 Å². The van der Waals surface area contributed by atoms with Crippen LogP contribution < -0.4 is 14.7 Å². The lowest BCUT2D eigenvalue weighted by molar-refractivity contribution is -0.00542. The van der Waals surface area contributed by atoms with Crippen LogP contribution in [-0.2, 0) is 4.74 Å². The summed E-state index contributed by atoms with van der Waals surface area (Å²) in [5.74, 6) is 3.73. The number of ether oxygens (including phenoxy) is 1. The molecule has 8 nitrogen and oxygen atoms in total. The number of nitrogens with zero attached hydrogens (tertiary/aromatic N) is 7. The number of fused-ring (bicyclic) bond motifs is 1. The zero-order chi connectivity index (χ0) is 21.4. The molecule has 2 saturated heterocycles. The second-order valence-electron chi connectivity index (χ2n) is 8.46. The lowest BCUT2D eigenvalue weighted by Gasteiger charge is -2.40. The largest absolute Gasteiger partial charge is 0.372 e. The lowest BCUT2D eigenvalue weighted by atomic mass is 10.2. The molecule has 2 aromatic heterocycles. The number of hydrogen-bond donors (Lipinski definition) is 0. The minimum Gasteiger partial charge on any atom is -0.372 e. The second kappa shape index (κ2) is 8.26. The fourth-order valence-corrected chi connectivity index (χ4v) is 4.52. The highest BCUT2D eigenvalue weighted by atomic mass is 16.5. The Kier molecular flexibility index (Phi) is 5.31. The number of hydrogen-bond acceptors (Lipinski definition) is 8. The van der Waals surface area contributed by atoms with Crippen molar-refractivity contribution in [3.63, 3.8) is 0 Å². The van der Waals surface area contributed by atoms with Gasteiger partial charge in [-0.25, -0.2) is 19.9 Å². The third-order valence-electron chi connectivity index (χ3n) is 5.92. The van der Waals surface area contributed by atoms with Crippen molar-refractivity contribution in [2.75, 3.05) is 54.0 Å². The van der Waals surface area contributed by atoms with Crippen molar-refractivity contribution in [2.45, 2.75) is 33.0 Å². The molecule has 2 aliphatic rings. The van der Waals surface area contributed by atoms with E-state index in [2.05, 4.69) is 38.5 Å². The van der Waals surface area contributed by atoms with Crippen molar-refractivity contribution in [2.24, 2.45) is 0 Å². The number of piperazine rings is 1. The zero-order valence-corrected chi connectivity index (χ0v) is 18.4. The lowest BCUT2D eigenvalue weighted by Crippen LogP contribution is -2.49. The van der Waals surface area contributed by atoms with Crippen molar-refractivity contribution in [1.29, 1.82) is 0 Å². The van der Waals surface area contributed by atoms with E-state index in [1.165, 1.54) is 0 Å². The van der Waals surface area contributed by atoms with Crippen molar-refractivity contribution < 1.29 is 4.74 Å². The van der Waals surface area contributed by atoms with Gasteiger partial charge in [0.1, 0.15) is 11.6 Å². The van der Waals surface area contributed by atoms with Crippen LogP contribution in [-0.4, -0.2) is 71.4 Å². The number of anilines is 3. The number of para-hydroxylation sites is 2. The average Bonchev–Trinajstić information content (AvgIpc) is 2.78. The topological polar surface area (TPSA) is 70.5 Å². The maximum absolute atomic E-state index is 5.96. The molecule has 2 aliphatic heterocycles. The van der Waals surface area contributed by atoms with E-state index in [0.29, 0.717) is 0 Å². The van der Waals surface area contributed by atoms with Crippen LogP contribution in [0.4, 0.5) is 17.5 Å². The highest BCUT2D eigenvalue weighted by Gasteiger charge is 2.29. The van der Waals surface area contributed by atoms with E-state index in [4.69, 9.17) is 14.7 Å². The van der Waals surface area contributed by atoms with Crippen molar-refractivity contribution >= 4 is 28.5 Å². The normalized spacial score (nSPS) is 22.2. The Balaban J connectivity index is 1.45. The second-order valence-corrected chi connectivity index (χ2v) is 8.46. The zero-order valence-electron chi connectivity index (χ0n) is 18.4. The summed E-state index contributed by atoms with van der Waals surface area (Å²) in [5, 5.41) is 0. The molecule has 0 bridgehead atoms. The summed E-state index contributed by atoms with van der Waals surface area (Å²) < 4.78 is 5.96. The van der Waals surface area contributed by atoms with E-state index in [1.54, 1.807) is 0 Å². The number of aryl methyl sites for hydroxylation is 1. The molecule has 8 heteroatoms. The Labute approximate surface area is 182 Å². The van der Waals surface area contributed by atoms with Gasteiger partial charge in [-0.3, -0.25) is 0 Å². The molecule has 4 heterocycles. The molecule has 1 aromatic carbocycles. The summed E-state index contributed by atoms with van der Waals surface area (Å²) in [4.78, 5) is 26.0. The molecule has 2 unspecified atom stereocenters. The van der Waals surface area contributed by atoms with E-state index in [9.17, 15) is 0 Å². The fraction of sp³-hybridized carbons (Fsp3) is 0.478. The van der Waals surface area contributed by atoms with Crippen LogP contribution in [0.2, 0.25) is 0 Å². The summed E-state index contributed by atoms with van der Waals surface area (Å²) in [5.41, 5.74) is 1.87. The number of benzene rings is 1. The molecule has 0 amide bonds. The number of rotatable bonds is 3. The van der Waals surface area contributed by atoms with E-state index in [0.717, 1.165) is 73.6 Å². The summed E-state index contributed by atoms with van der Waals surface area (Å²) in [6.45, 7) is 11.4. The molecule has 0 spiro atoms. The minimum atomic E-state index is 0.169. The van der Waals surface area contributed by atoms with Crippen molar-refractivity contribution in [1.82, 2.24) is 19.9 Å². The van der Waals surface area contributed by atoms with Crippen molar-refractivity contribution in [3.8, 4) is 0 Å². The van der Waals surface area contributed by atoms with Gasteiger partial charge in [-0.1, -0.05) is 12.1 Å². The van der Waals surface area contributed by atoms with Crippen LogP contribution in [0, 0.1) is 6.92 Å². The molecule has 0 N–H and O–H groups in total. The minimum absolute atomic E-state index is 0.169. The van der Waals surface area contributed by atoms with Gasteiger partial charge < -0.3 is 19.4 Å². The van der Waals surface area contributed by atoms with Gasteiger partial charge in [-0.15, -0.1) is 0 Å². The standard InChI is InChI=1S/C23H29N7O/c1-16-14-30(15-17(2)31-16)23-22(26-19-6-4-5-7-20(19)27-23)29-12-10-28(11-13-29)21-8-9-24-18(3)25-21/h4-9,16-17H,10-15H2,1-3H3. The molecular weight excluding hydrogens is 390 g/mol. The third-order valence-corrected chi connectivity index (χ3v) is 5.92. The Hall–Kier alpha value is -3.00. The monoisotopic (exact) mass is 419 g/mol. The third kappa shape index (κ3) is 4.12. The molecular formula is C23H29N7O. The molecule has 0 saturated carbocycles.